The van der Waals surface area contributed by atoms with Gasteiger partial charge in [0.25, 0.3) is 0 Å². The number of aromatic amines is 1. The van der Waals surface area contributed by atoms with E-state index in [0.29, 0.717) is 12.1 Å². The van der Waals surface area contributed by atoms with E-state index in [1.165, 1.54) is 11.7 Å². The average molecular weight is 321 g/mol. The highest BCUT2D eigenvalue weighted by molar-refractivity contribution is 7.71. The zero-order chi connectivity index (χ0) is 15.6. The van der Waals surface area contributed by atoms with Gasteiger partial charge in [-0.3, -0.25) is 9.67 Å². The molecule has 2 aromatic rings. The van der Waals surface area contributed by atoms with Gasteiger partial charge < -0.3 is 4.74 Å². The first kappa shape index (κ1) is 15.6. The molecular formula is C12H11F4N3OS. The number of rotatable bonds is 4. The van der Waals surface area contributed by atoms with Crippen molar-refractivity contribution in [2.45, 2.75) is 12.7 Å². The van der Waals surface area contributed by atoms with Crippen LogP contribution in [-0.4, -0.2) is 28.5 Å². The number of alkyl halides is 3. The first-order chi connectivity index (χ1) is 9.84. The quantitative estimate of drug-likeness (QED) is 0.693. The highest BCUT2D eigenvalue weighted by Gasteiger charge is 2.31. The molecule has 0 amide bonds. The predicted octanol–water partition coefficient (Wildman–Crippen LogP) is 3.41. The summed E-state index contributed by atoms with van der Waals surface area (Å²) in [5.74, 6) is -0.809. The second-order valence-corrected chi connectivity index (χ2v) is 4.58. The number of aromatic nitrogens is 3. The standard InChI is InChI=1S/C12H11F4N3OS/c1-20-5-4-19-10(17-18-11(19)21)8-6-7(12(14,15)16)2-3-9(8)13/h2-3,6H,4-5H2,1H3,(H,18,21). The maximum absolute atomic E-state index is 13.9. The first-order valence-corrected chi connectivity index (χ1v) is 6.26. The maximum atomic E-state index is 13.9. The second kappa shape index (κ2) is 5.94. The lowest BCUT2D eigenvalue weighted by Gasteiger charge is -2.10. The Morgan fingerprint density at radius 1 is 1.38 bits per heavy atom. The molecule has 0 spiro atoms. The van der Waals surface area contributed by atoms with Crippen LogP contribution < -0.4 is 0 Å². The van der Waals surface area contributed by atoms with E-state index < -0.39 is 17.6 Å². The van der Waals surface area contributed by atoms with E-state index in [4.69, 9.17) is 17.0 Å². The normalized spacial score (nSPS) is 11.9. The van der Waals surface area contributed by atoms with Gasteiger partial charge in [-0.25, -0.2) is 4.39 Å². The summed E-state index contributed by atoms with van der Waals surface area (Å²) in [5, 5.41) is 6.25. The third-order valence-electron chi connectivity index (χ3n) is 2.81. The van der Waals surface area contributed by atoms with Crippen molar-refractivity contribution in [3.8, 4) is 11.4 Å². The molecular weight excluding hydrogens is 310 g/mol. The Balaban J connectivity index is 2.54. The second-order valence-electron chi connectivity index (χ2n) is 4.19. The van der Waals surface area contributed by atoms with Gasteiger partial charge >= 0.3 is 6.18 Å². The molecule has 0 atom stereocenters. The molecule has 0 bridgehead atoms. The molecule has 0 unspecified atom stereocenters. The van der Waals surface area contributed by atoms with Crippen LogP contribution in [0, 0.1) is 10.6 Å². The van der Waals surface area contributed by atoms with Gasteiger partial charge in [0.05, 0.1) is 24.3 Å². The van der Waals surface area contributed by atoms with E-state index >= 15 is 0 Å². The van der Waals surface area contributed by atoms with Crippen LogP contribution in [0.25, 0.3) is 11.4 Å². The van der Waals surface area contributed by atoms with Gasteiger partial charge in [-0.15, -0.1) is 0 Å². The maximum Gasteiger partial charge on any atom is 0.416 e. The number of methoxy groups -OCH3 is 1. The molecule has 0 fully saturated rings. The fourth-order valence-corrected chi connectivity index (χ4v) is 2.01. The highest BCUT2D eigenvalue weighted by atomic mass is 32.1. The lowest BCUT2D eigenvalue weighted by molar-refractivity contribution is -0.137. The Morgan fingerprint density at radius 3 is 2.71 bits per heavy atom. The molecule has 114 valence electrons. The van der Waals surface area contributed by atoms with E-state index in [1.807, 2.05) is 0 Å². The van der Waals surface area contributed by atoms with Crippen molar-refractivity contribution in [2.24, 2.45) is 0 Å². The molecule has 0 saturated heterocycles. The van der Waals surface area contributed by atoms with E-state index in [2.05, 4.69) is 10.2 Å². The summed E-state index contributed by atoms with van der Waals surface area (Å²) >= 11 is 4.98. The van der Waals surface area contributed by atoms with Crippen LogP contribution in [0.3, 0.4) is 0 Å². The van der Waals surface area contributed by atoms with Crippen LogP contribution in [0.4, 0.5) is 17.6 Å². The first-order valence-electron chi connectivity index (χ1n) is 5.86. The molecule has 1 heterocycles. The Kier molecular flexibility index (Phi) is 4.43. The van der Waals surface area contributed by atoms with Gasteiger partial charge in [0.15, 0.2) is 10.6 Å². The lowest BCUT2D eigenvalue weighted by Crippen LogP contribution is -2.09. The monoisotopic (exact) mass is 321 g/mol. The summed E-state index contributed by atoms with van der Waals surface area (Å²) in [6.07, 6.45) is -4.56. The van der Waals surface area contributed by atoms with Crippen LogP contribution in [-0.2, 0) is 17.5 Å². The van der Waals surface area contributed by atoms with Gasteiger partial charge in [0.1, 0.15) is 5.82 Å². The molecule has 1 aromatic heterocycles. The Morgan fingerprint density at radius 2 is 2.10 bits per heavy atom. The van der Waals surface area contributed by atoms with Crippen LogP contribution in [0.2, 0.25) is 0 Å². The van der Waals surface area contributed by atoms with E-state index in [-0.39, 0.29) is 29.3 Å². The number of nitrogens with zero attached hydrogens (tertiary/aromatic N) is 2. The van der Waals surface area contributed by atoms with Gasteiger partial charge in [-0.05, 0) is 30.4 Å². The van der Waals surface area contributed by atoms with Crippen LogP contribution in [0.15, 0.2) is 18.2 Å². The topological polar surface area (TPSA) is 42.8 Å². The van der Waals surface area contributed by atoms with Gasteiger partial charge in [-0.2, -0.15) is 18.3 Å². The Hall–Kier alpha value is -1.74. The van der Waals surface area contributed by atoms with Crippen molar-refractivity contribution in [3.05, 3.63) is 34.4 Å². The van der Waals surface area contributed by atoms with E-state index in [0.717, 1.165) is 6.07 Å². The van der Waals surface area contributed by atoms with Crippen LogP contribution in [0.5, 0.6) is 0 Å². The van der Waals surface area contributed by atoms with Crippen molar-refractivity contribution < 1.29 is 22.3 Å². The minimum Gasteiger partial charge on any atom is -0.383 e. The van der Waals surface area contributed by atoms with Gasteiger partial charge in [0.2, 0.25) is 0 Å². The SMILES string of the molecule is COCCn1c(-c2cc(C(F)(F)F)ccc2F)n[nH]c1=S. The van der Waals surface area contributed by atoms with Gasteiger partial charge in [-0.1, -0.05) is 0 Å². The van der Waals surface area contributed by atoms with Crippen molar-refractivity contribution in [1.29, 1.82) is 0 Å². The molecule has 9 heteroatoms. The van der Waals surface area contributed by atoms with Crippen LogP contribution in [0.1, 0.15) is 5.56 Å². The molecule has 0 radical (unpaired) electrons. The van der Waals surface area contributed by atoms with Crippen molar-refractivity contribution in [3.63, 3.8) is 0 Å². The number of benzene rings is 1. The summed E-state index contributed by atoms with van der Waals surface area (Å²) in [6, 6.07) is 2.15. The number of hydrogen-bond acceptors (Lipinski definition) is 3. The summed E-state index contributed by atoms with van der Waals surface area (Å²) < 4.78 is 58.5. The lowest BCUT2D eigenvalue weighted by atomic mass is 10.1. The minimum absolute atomic E-state index is 0.000602. The largest absolute Gasteiger partial charge is 0.416 e. The minimum atomic E-state index is -4.56. The third-order valence-corrected chi connectivity index (χ3v) is 3.12. The zero-order valence-corrected chi connectivity index (χ0v) is 11.7. The number of hydrogen-bond donors (Lipinski definition) is 1. The molecule has 1 aromatic carbocycles. The molecule has 1 N–H and O–H groups in total. The molecule has 0 aliphatic carbocycles. The Labute approximate surface area is 122 Å². The zero-order valence-electron chi connectivity index (χ0n) is 10.9. The van der Waals surface area contributed by atoms with Crippen molar-refractivity contribution in [2.75, 3.05) is 13.7 Å². The fourth-order valence-electron chi connectivity index (χ4n) is 1.79. The summed E-state index contributed by atoms with van der Waals surface area (Å²) in [6.45, 7) is 0.512. The van der Waals surface area contributed by atoms with Crippen molar-refractivity contribution >= 4 is 12.2 Å². The number of H-pyrrole nitrogens is 1. The number of halogens is 4. The fraction of sp³-hybridized carbons (Fsp3) is 0.333. The molecule has 4 nitrogen and oxygen atoms in total. The van der Waals surface area contributed by atoms with Crippen LogP contribution >= 0.6 is 12.2 Å². The third kappa shape index (κ3) is 3.30. The number of ether oxygens (including phenoxy) is 1. The van der Waals surface area contributed by atoms with Gasteiger partial charge in [0, 0.05) is 7.11 Å². The molecule has 0 saturated carbocycles. The molecule has 21 heavy (non-hydrogen) atoms. The molecule has 0 aliphatic rings. The molecule has 0 aliphatic heterocycles. The highest BCUT2D eigenvalue weighted by Crippen LogP contribution is 2.33. The summed E-state index contributed by atoms with van der Waals surface area (Å²) in [7, 11) is 1.47. The average Bonchev–Trinajstić information content (AvgIpc) is 2.77. The van der Waals surface area contributed by atoms with E-state index in [1.54, 1.807) is 0 Å². The van der Waals surface area contributed by atoms with Crippen molar-refractivity contribution in [1.82, 2.24) is 14.8 Å². The predicted molar refractivity (Wildman–Crippen MR) is 69.7 cm³/mol. The van der Waals surface area contributed by atoms with E-state index in [9.17, 15) is 17.6 Å². The summed E-state index contributed by atoms with van der Waals surface area (Å²) in [5.41, 5.74) is -1.22. The summed E-state index contributed by atoms with van der Waals surface area (Å²) in [4.78, 5) is 0. The smallest absolute Gasteiger partial charge is 0.383 e. The molecule has 2 rings (SSSR count). The number of nitrogens with one attached hydrogen (secondary N) is 1. The Bertz CT molecular complexity index is 693.